The van der Waals surface area contributed by atoms with Crippen molar-refractivity contribution in [3.05, 3.63) is 0 Å². The minimum absolute atomic E-state index is 0.0404. The number of amides is 1. The van der Waals surface area contributed by atoms with Crippen molar-refractivity contribution in [1.82, 2.24) is 14.7 Å². The fourth-order valence-electron chi connectivity index (χ4n) is 4.91. The van der Waals surface area contributed by atoms with E-state index in [-0.39, 0.29) is 29.8 Å². The molecular weight excluding hydrogens is 346 g/mol. The third-order valence-electron chi connectivity index (χ3n) is 6.58. The molecule has 2 saturated heterocycles. The van der Waals surface area contributed by atoms with Gasteiger partial charge in [-0.25, -0.2) is 0 Å². The number of hydrogen-bond donors (Lipinski definition) is 1. The largest absolute Gasteiger partial charge is 0.466 e. The molecule has 0 aromatic heterocycles. The lowest BCUT2D eigenvalue weighted by Crippen LogP contribution is -2.47. The highest BCUT2D eigenvalue weighted by molar-refractivity contribution is 5.81. The van der Waals surface area contributed by atoms with E-state index in [4.69, 9.17) is 4.74 Å². The van der Waals surface area contributed by atoms with E-state index < -0.39 is 5.41 Å². The Hall–Kier alpha value is -1.18. The number of aliphatic hydroxyl groups excluding tert-OH is 1. The number of rotatable bonds is 6. The van der Waals surface area contributed by atoms with Crippen molar-refractivity contribution in [2.24, 2.45) is 17.3 Å². The summed E-state index contributed by atoms with van der Waals surface area (Å²) in [5.74, 6) is 0.152. The molecule has 154 valence electrons. The Kier molecular flexibility index (Phi) is 6.43. The van der Waals surface area contributed by atoms with Crippen molar-refractivity contribution in [3.63, 3.8) is 0 Å². The maximum Gasteiger partial charge on any atom is 0.313 e. The predicted octanol–water partition coefficient (Wildman–Crippen LogP) is 0.423. The van der Waals surface area contributed by atoms with E-state index >= 15 is 0 Å². The van der Waals surface area contributed by atoms with Crippen molar-refractivity contribution in [1.29, 1.82) is 0 Å². The van der Waals surface area contributed by atoms with Gasteiger partial charge in [-0.1, -0.05) is 0 Å². The van der Waals surface area contributed by atoms with Crippen LogP contribution in [0, 0.1) is 17.3 Å². The Morgan fingerprint density at radius 3 is 2.63 bits per heavy atom. The summed E-state index contributed by atoms with van der Waals surface area (Å²) in [6, 6.07) is 0. The van der Waals surface area contributed by atoms with Gasteiger partial charge in [0, 0.05) is 51.1 Å². The van der Waals surface area contributed by atoms with E-state index in [1.54, 1.807) is 0 Å². The second kappa shape index (κ2) is 8.45. The molecule has 2 heterocycles. The SMILES string of the molecule is CCOC(=O)[C@]12CCCN(C(=O)C3CC(O)C3)C[C@H]1CN(CCN(C)C)C2. The van der Waals surface area contributed by atoms with Crippen LogP contribution in [0.3, 0.4) is 0 Å². The number of fused-ring (bicyclic) bond motifs is 1. The van der Waals surface area contributed by atoms with Crippen LogP contribution in [0.25, 0.3) is 0 Å². The summed E-state index contributed by atoms with van der Waals surface area (Å²) in [7, 11) is 4.12. The maximum atomic E-state index is 13.0. The lowest BCUT2D eigenvalue weighted by molar-refractivity contribution is -0.158. The van der Waals surface area contributed by atoms with Gasteiger partial charge in [0.15, 0.2) is 0 Å². The fourth-order valence-corrected chi connectivity index (χ4v) is 4.91. The van der Waals surface area contributed by atoms with Crippen molar-refractivity contribution < 1.29 is 19.4 Å². The smallest absolute Gasteiger partial charge is 0.313 e. The lowest BCUT2D eigenvalue weighted by atomic mass is 9.75. The van der Waals surface area contributed by atoms with Gasteiger partial charge in [0.25, 0.3) is 0 Å². The Balaban J connectivity index is 1.73. The molecule has 1 aliphatic carbocycles. The molecule has 0 radical (unpaired) electrons. The van der Waals surface area contributed by atoms with Crippen LogP contribution in [0.1, 0.15) is 32.6 Å². The van der Waals surface area contributed by atoms with Crippen molar-refractivity contribution in [2.75, 3.05) is 60.0 Å². The lowest BCUT2D eigenvalue weighted by Gasteiger charge is -2.36. The van der Waals surface area contributed by atoms with Crippen LogP contribution in [0.15, 0.2) is 0 Å². The summed E-state index contributed by atoms with van der Waals surface area (Å²) in [5.41, 5.74) is -0.490. The van der Waals surface area contributed by atoms with E-state index in [0.717, 1.165) is 39.0 Å². The summed E-state index contributed by atoms with van der Waals surface area (Å²) in [6.07, 6.45) is 2.46. The second-order valence-electron chi connectivity index (χ2n) is 8.82. The van der Waals surface area contributed by atoms with Crippen molar-refractivity contribution in [2.45, 2.75) is 38.7 Å². The van der Waals surface area contributed by atoms with Gasteiger partial charge in [-0.15, -0.1) is 0 Å². The van der Waals surface area contributed by atoms with Gasteiger partial charge < -0.3 is 24.5 Å². The van der Waals surface area contributed by atoms with Gasteiger partial charge in [-0.05, 0) is 46.7 Å². The minimum Gasteiger partial charge on any atom is -0.466 e. The molecule has 3 fully saturated rings. The van der Waals surface area contributed by atoms with E-state index in [1.807, 2.05) is 11.8 Å². The molecule has 7 nitrogen and oxygen atoms in total. The molecule has 3 rings (SSSR count). The minimum atomic E-state index is -0.490. The monoisotopic (exact) mass is 381 g/mol. The van der Waals surface area contributed by atoms with Crippen LogP contribution in [0.2, 0.25) is 0 Å². The Labute approximate surface area is 162 Å². The number of carbonyl (C=O) groups is 2. The Bertz CT molecular complexity index is 549. The molecule has 1 amide bonds. The van der Waals surface area contributed by atoms with E-state index in [1.165, 1.54) is 0 Å². The fraction of sp³-hybridized carbons (Fsp3) is 0.900. The zero-order chi connectivity index (χ0) is 19.6. The van der Waals surface area contributed by atoms with Crippen molar-refractivity contribution >= 4 is 11.9 Å². The van der Waals surface area contributed by atoms with Gasteiger partial charge in [0.05, 0.1) is 18.1 Å². The zero-order valence-corrected chi connectivity index (χ0v) is 17.0. The molecule has 1 saturated carbocycles. The number of likely N-dealkylation sites (N-methyl/N-ethyl adjacent to an activating group) is 1. The van der Waals surface area contributed by atoms with E-state index in [0.29, 0.717) is 32.5 Å². The molecular formula is C20H35N3O4. The first-order chi connectivity index (χ1) is 12.9. The first kappa shape index (κ1) is 20.6. The zero-order valence-electron chi connectivity index (χ0n) is 17.0. The molecule has 3 aliphatic rings. The quantitative estimate of drug-likeness (QED) is 0.673. The highest BCUT2D eigenvalue weighted by atomic mass is 16.5. The summed E-state index contributed by atoms with van der Waals surface area (Å²) in [5, 5.41) is 9.54. The average molecular weight is 382 g/mol. The molecule has 1 N–H and O–H groups in total. The van der Waals surface area contributed by atoms with Crippen LogP contribution < -0.4 is 0 Å². The number of ether oxygens (including phenoxy) is 1. The molecule has 0 aromatic carbocycles. The number of aliphatic hydroxyl groups is 1. The van der Waals surface area contributed by atoms with E-state index in [2.05, 4.69) is 23.9 Å². The summed E-state index contributed by atoms with van der Waals surface area (Å²) in [6.45, 7) is 7.04. The topological polar surface area (TPSA) is 73.3 Å². The first-order valence-electron chi connectivity index (χ1n) is 10.4. The number of carbonyl (C=O) groups excluding carboxylic acids is 2. The molecule has 2 atom stereocenters. The van der Waals surface area contributed by atoms with Crippen LogP contribution in [-0.2, 0) is 14.3 Å². The summed E-state index contributed by atoms with van der Waals surface area (Å²) < 4.78 is 5.49. The van der Waals surface area contributed by atoms with Crippen LogP contribution >= 0.6 is 0 Å². The molecule has 0 unspecified atom stereocenters. The normalized spacial score (nSPS) is 34.1. The molecule has 7 heteroatoms. The number of esters is 1. The van der Waals surface area contributed by atoms with Gasteiger partial charge in [0.1, 0.15) is 0 Å². The Morgan fingerprint density at radius 2 is 2.00 bits per heavy atom. The molecule has 0 aromatic rings. The summed E-state index contributed by atoms with van der Waals surface area (Å²) >= 11 is 0. The maximum absolute atomic E-state index is 13.0. The average Bonchev–Trinajstić information content (AvgIpc) is 2.84. The molecule has 0 spiro atoms. The van der Waals surface area contributed by atoms with Gasteiger partial charge in [0.2, 0.25) is 5.91 Å². The molecule has 0 bridgehead atoms. The first-order valence-corrected chi connectivity index (χ1v) is 10.4. The molecule has 2 aliphatic heterocycles. The van der Waals surface area contributed by atoms with Gasteiger partial charge in [-0.3, -0.25) is 9.59 Å². The number of likely N-dealkylation sites (tertiary alicyclic amines) is 2. The van der Waals surface area contributed by atoms with E-state index in [9.17, 15) is 14.7 Å². The third-order valence-corrected chi connectivity index (χ3v) is 6.58. The van der Waals surface area contributed by atoms with Crippen molar-refractivity contribution in [3.8, 4) is 0 Å². The number of nitrogens with zero attached hydrogens (tertiary/aromatic N) is 3. The Morgan fingerprint density at radius 1 is 1.26 bits per heavy atom. The predicted molar refractivity (Wildman–Crippen MR) is 102 cm³/mol. The highest BCUT2D eigenvalue weighted by Crippen LogP contribution is 2.44. The van der Waals surface area contributed by atoms with Gasteiger partial charge in [-0.2, -0.15) is 0 Å². The van der Waals surface area contributed by atoms with Crippen LogP contribution in [-0.4, -0.2) is 97.8 Å². The molecule has 27 heavy (non-hydrogen) atoms. The van der Waals surface area contributed by atoms with Crippen LogP contribution in [0.5, 0.6) is 0 Å². The standard InChI is InChI=1S/C20H35N3O4/c1-4-27-19(26)20-6-5-7-23(18(25)15-10-17(24)11-15)13-16(20)12-22(14-20)9-8-21(2)3/h15-17,24H,4-14H2,1-3H3/t15?,16-,17?,20+/m1/s1. The number of hydrogen-bond acceptors (Lipinski definition) is 6. The third kappa shape index (κ3) is 4.30. The highest BCUT2D eigenvalue weighted by Gasteiger charge is 2.54. The second-order valence-corrected chi connectivity index (χ2v) is 8.82. The van der Waals surface area contributed by atoms with Gasteiger partial charge >= 0.3 is 5.97 Å². The summed E-state index contributed by atoms with van der Waals surface area (Å²) in [4.78, 5) is 32.3. The van der Waals surface area contributed by atoms with Crippen LogP contribution in [0.4, 0.5) is 0 Å².